The van der Waals surface area contributed by atoms with Gasteiger partial charge >= 0.3 is 0 Å². The van der Waals surface area contributed by atoms with Gasteiger partial charge in [0.1, 0.15) is 0 Å². The molecule has 0 bridgehead atoms. The Morgan fingerprint density at radius 3 is 2.45 bits per heavy atom. The summed E-state index contributed by atoms with van der Waals surface area (Å²) < 4.78 is 26.1. The maximum absolute atomic E-state index is 12.6. The van der Waals surface area contributed by atoms with Gasteiger partial charge in [0.05, 0.1) is 17.1 Å². The summed E-state index contributed by atoms with van der Waals surface area (Å²) in [6.45, 7) is 1.85. The number of aliphatic hydroxyl groups is 2. The number of rotatable bonds is 2. The molecule has 1 aliphatic carbocycles. The van der Waals surface area contributed by atoms with Gasteiger partial charge in [-0.25, -0.2) is 12.7 Å². The molecule has 1 fully saturated rings. The third-order valence-corrected chi connectivity index (χ3v) is 5.94. The van der Waals surface area contributed by atoms with Crippen LogP contribution in [-0.4, -0.2) is 47.6 Å². The monoisotopic (exact) mass is 323 g/mol. The van der Waals surface area contributed by atoms with Gasteiger partial charge in [-0.15, -0.1) is 0 Å². The highest BCUT2D eigenvalue weighted by Crippen LogP contribution is 2.36. The zero-order valence-electron chi connectivity index (χ0n) is 12.0. The Bertz CT molecular complexity index is 738. The number of fused-ring (bicyclic) bond motifs is 1. The minimum atomic E-state index is -3.92. The number of nitrogens with zero attached hydrogens (tertiary/aromatic N) is 1. The van der Waals surface area contributed by atoms with E-state index in [-0.39, 0.29) is 29.4 Å². The zero-order chi connectivity index (χ0) is 16.1. The Morgan fingerprint density at radius 2 is 1.82 bits per heavy atom. The average Bonchev–Trinajstić information content (AvgIpc) is 2.78. The Labute approximate surface area is 128 Å². The van der Waals surface area contributed by atoms with Crippen molar-refractivity contribution < 1.29 is 23.4 Å². The normalized spacial score (nSPS) is 28.5. The molecule has 1 saturated heterocycles. The van der Waals surface area contributed by atoms with Crippen LogP contribution < -0.4 is 0 Å². The van der Waals surface area contributed by atoms with Crippen molar-refractivity contribution >= 4 is 15.9 Å². The predicted octanol–water partition coefficient (Wildman–Crippen LogP) is 0.194. The maximum atomic E-state index is 12.6. The Kier molecular flexibility index (Phi) is 3.58. The predicted molar refractivity (Wildman–Crippen MR) is 78.3 cm³/mol. The molecule has 0 radical (unpaired) electrons. The van der Waals surface area contributed by atoms with Crippen LogP contribution in [0, 0.1) is 12.8 Å². The highest BCUT2D eigenvalue weighted by atomic mass is 32.2. The largest absolute Gasteiger partial charge is 0.390 e. The van der Waals surface area contributed by atoms with Crippen molar-refractivity contribution in [1.29, 1.82) is 0 Å². The van der Waals surface area contributed by atoms with Gasteiger partial charge in [0.15, 0.2) is 0 Å². The SMILES string of the molecule is Cc1ccc(S(=O)(=O)N2C[C@@H]3C[C@@H](O)[C@H](O)C=C3C2=O)cc1. The van der Waals surface area contributed by atoms with Crippen LogP contribution in [-0.2, 0) is 14.8 Å². The first-order valence-electron chi connectivity index (χ1n) is 7.02. The van der Waals surface area contributed by atoms with Crippen LogP contribution in [0.4, 0.5) is 0 Å². The van der Waals surface area contributed by atoms with E-state index in [9.17, 15) is 23.4 Å². The van der Waals surface area contributed by atoms with E-state index in [1.807, 2.05) is 6.92 Å². The van der Waals surface area contributed by atoms with Gasteiger partial charge in [-0.05, 0) is 31.6 Å². The average molecular weight is 323 g/mol. The fraction of sp³-hybridized carbons (Fsp3) is 0.400. The van der Waals surface area contributed by atoms with E-state index < -0.39 is 28.1 Å². The molecule has 0 saturated carbocycles. The van der Waals surface area contributed by atoms with Crippen molar-refractivity contribution in [2.75, 3.05) is 6.54 Å². The number of hydrogen-bond acceptors (Lipinski definition) is 5. The van der Waals surface area contributed by atoms with Crippen LogP contribution in [0.15, 0.2) is 40.8 Å². The van der Waals surface area contributed by atoms with Crippen molar-refractivity contribution in [1.82, 2.24) is 4.31 Å². The van der Waals surface area contributed by atoms with Crippen LogP contribution in [0.2, 0.25) is 0 Å². The Morgan fingerprint density at radius 1 is 1.18 bits per heavy atom. The molecule has 6 nitrogen and oxygen atoms in total. The lowest BCUT2D eigenvalue weighted by atomic mass is 9.87. The zero-order valence-corrected chi connectivity index (χ0v) is 12.8. The minimum Gasteiger partial charge on any atom is -0.390 e. The lowest BCUT2D eigenvalue weighted by Gasteiger charge is -2.24. The summed E-state index contributed by atoms with van der Waals surface area (Å²) in [4.78, 5) is 12.4. The number of amides is 1. The molecule has 22 heavy (non-hydrogen) atoms. The molecule has 3 atom stereocenters. The molecule has 1 aromatic carbocycles. The molecular weight excluding hydrogens is 306 g/mol. The van der Waals surface area contributed by atoms with Crippen LogP contribution in [0.25, 0.3) is 0 Å². The van der Waals surface area contributed by atoms with E-state index in [1.54, 1.807) is 12.1 Å². The van der Waals surface area contributed by atoms with Crippen LogP contribution in [0.5, 0.6) is 0 Å². The second-order valence-corrected chi connectivity index (χ2v) is 7.63. The lowest BCUT2D eigenvalue weighted by molar-refractivity contribution is -0.120. The number of hydrogen-bond donors (Lipinski definition) is 2. The summed E-state index contributed by atoms with van der Waals surface area (Å²) in [6.07, 6.45) is -0.648. The summed E-state index contributed by atoms with van der Waals surface area (Å²) in [5.41, 5.74) is 1.20. The number of carbonyl (C=O) groups excluding carboxylic acids is 1. The maximum Gasteiger partial charge on any atom is 0.266 e. The van der Waals surface area contributed by atoms with Gasteiger partial charge in [0, 0.05) is 18.0 Å². The van der Waals surface area contributed by atoms with Gasteiger partial charge in [0.2, 0.25) is 0 Å². The molecule has 2 N–H and O–H groups in total. The molecule has 1 aromatic rings. The molecule has 7 heteroatoms. The molecular formula is C15H17NO5S. The summed E-state index contributed by atoms with van der Waals surface area (Å²) >= 11 is 0. The van der Waals surface area contributed by atoms with Crippen LogP contribution in [0.1, 0.15) is 12.0 Å². The van der Waals surface area contributed by atoms with Crippen molar-refractivity contribution in [2.45, 2.75) is 30.4 Å². The van der Waals surface area contributed by atoms with E-state index in [1.165, 1.54) is 18.2 Å². The third-order valence-electron chi connectivity index (χ3n) is 4.18. The third kappa shape index (κ3) is 2.35. The standard InChI is InChI=1S/C15H17NO5S/c1-9-2-4-11(5-3-9)22(20,21)16-8-10-6-13(17)14(18)7-12(10)15(16)19/h2-5,7,10,13-14,17-18H,6,8H2,1H3/t10-,13+,14+/m0/s1. The van der Waals surface area contributed by atoms with Gasteiger partial charge < -0.3 is 10.2 Å². The van der Waals surface area contributed by atoms with Gasteiger partial charge in [-0.3, -0.25) is 4.79 Å². The summed E-state index contributed by atoms with van der Waals surface area (Å²) in [5.74, 6) is -0.984. The number of sulfonamides is 1. The minimum absolute atomic E-state index is 0.00462. The van der Waals surface area contributed by atoms with Gasteiger partial charge in [0.25, 0.3) is 15.9 Å². The van der Waals surface area contributed by atoms with E-state index >= 15 is 0 Å². The Balaban J connectivity index is 1.95. The molecule has 1 aliphatic heterocycles. The molecule has 1 amide bonds. The van der Waals surface area contributed by atoms with E-state index in [4.69, 9.17) is 0 Å². The summed E-state index contributed by atoms with van der Waals surface area (Å²) in [7, 11) is -3.92. The van der Waals surface area contributed by atoms with Crippen molar-refractivity contribution in [3.63, 3.8) is 0 Å². The first-order chi connectivity index (χ1) is 10.3. The number of benzene rings is 1. The first kappa shape index (κ1) is 15.2. The Hall–Kier alpha value is -1.70. The highest BCUT2D eigenvalue weighted by Gasteiger charge is 2.45. The van der Waals surface area contributed by atoms with E-state index in [2.05, 4.69) is 0 Å². The smallest absolute Gasteiger partial charge is 0.266 e. The molecule has 1 heterocycles. The number of carbonyl (C=O) groups is 1. The van der Waals surface area contributed by atoms with E-state index in [0.29, 0.717) is 0 Å². The van der Waals surface area contributed by atoms with Crippen molar-refractivity contribution in [3.8, 4) is 0 Å². The number of aliphatic hydroxyl groups excluding tert-OH is 2. The fourth-order valence-electron chi connectivity index (χ4n) is 2.88. The lowest BCUT2D eigenvalue weighted by Crippen LogP contribution is -2.32. The summed E-state index contributed by atoms with van der Waals surface area (Å²) in [6, 6.07) is 6.29. The second-order valence-electron chi connectivity index (χ2n) is 5.77. The molecule has 118 valence electrons. The van der Waals surface area contributed by atoms with Crippen LogP contribution >= 0.6 is 0 Å². The van der Waals surface area contributed by atoms with Crippen LogP contribution in [0.3, 0.4) is 0 Å². The first-order valence-corrected chi connectivity index (χ1v) is 8.46. The number of aryl methyl sites for hydroxylation is 1. The molecule has 0 spiro atoms. The quantitative estimate of drug-likeness (QED) is 0.810. The fourth-order valence-corrected chi connectivity index (χ4v) is 4.31. The van der Waals surface area contributed by atoms with Gasteiger partial charge in [-0.1, -0.05) is 17.7 Å². The molecule has 2 aliphatic rings. The summed E-state index contributed by atoms with van der Waals surface area (Å²) in [5, 5.41) is 19.3. The molecule has 0 aromatic heterocycles. The topological polar surface area (TPSA) is 94.9 Å². The van der Waals surface area contributed by atoms with E-state index in [0.717, 1.165) is 9.87 Å². The van der Waals surface area contributed by atoms with Crippen molar-refractivity contribution in [3.05, 3.63) is 41.5 Å². The molecule has 0 unspecified atom stereocenters. The highest BCUT2D eigenvalue weighted by molar-refractivity contribution is 7.89. The second kappa shape index (κ2) is 5.19. The van der Waals surface area contributed by atoms with Gasteiger partial charge in [-0.2, -0.15) is 0 Å². The van der Waals surface area contributed by atoms with Crippen molar-refractivity contribution in [2.24, 2.45) is 5.92 Å². The molecule has 3 rings (SSSR count).